The van der Waals surface area contributed by atoms with Crippen molar-refractivity contribution in [1.29, 1.82) is 0 Å². The van der Waals surface area contributed by atoms with E-state index in [0.717, 1.165) is 11.1 Å². The summed E-state index contributed by atoms with van der Waals surface area (Å²) >= 11 is 11.9. The molecule has 0 fully saturated rings. The van der Waals surface area contributed by atoms with Crippen LogP contribution >= 0.6 is 23.2 Å². The minimum absolute atomic E-state index is 0.104. The second-order valence-electron chi connectivity index (χ2n) is 4.22. The van der Waals surface area contributed by atoms with Gasteiger partial charge in [0.2, 0.25) is 0 Å². The van der Waals surface area contributed by atoms with Gasteiger partial charge in [0.25, 0.3) is 0 Å². The summed E-state index contributed by atoms with van der Waals surface area (Å²) in [4.78, 5) is 16.2. The number of benzene rings is 1. The van der Waals surface area contributed by atoms with Crippen LogP contribution in [0.3, 0.4) is 0 Å². The smallest absolute Gasteiger partial charge is 0.171 e. The van der Waals surface area contributed by atoms with Gasteiger partial charge in [-0.1, -0.05) is 29.3 Å². The van der Waals surface area contributed by atoms with Crippen LogP contribution in [0.2, 0.25) is 10.0 Å². The molecular weight excluding hydrogens is 283 g/mol. The fourth-order valence-corrected chi connectivity index (χ4v) is 2.34. The van der Waals surface area contributed by atoms with Crippen molar-refractivity contribution in [3.05, 3.63) is 57.2 Å². The standard InChI is InChI=1S/C14H12Cl2N2O/c1-8-4-5-18-14(17)13(8)12(19)6-9-2-3-10(15)7-11(9)16/h2-5,7H,6H2,1H3,(H2,17,18). The summed E-state index contributed by atoms with van der Waals surface area (Å²) in [7, 11) is 0. The molecule has 1 aromatic heterocycles. The highest BCUT2D eigenvalue weighted by Gasteiger charge is 2.15. The number of Topliss-reactive ketones (excluding diaryl/α,β-unsaturated/α-hetero) is 1. The molecule has 2 rings (SSSR count). The van der Waals surface area contributed by atoms with Crippen molar-refractivity contribution in [3.63, 3.8) is 0 Å². The number of halogens is 2. The summed E-state index contributed by atoms with van der Waals surface area (Å²) in [6.07, 6.45) is 1.75. The van der Waals surface area contributed by atoms with E-state index in [-0.39, 0.29) is 18.0 Å². The molecule has 0 atom stereocenters. The molecule has 0 radical (unpaired) electrons. The molecule has 2 aromatic rings. The molecule has 0 bridgehead atoms. The van der Waals surface area contributed by atoms with Crippen molar-refractivity contribution in [3.8, 4) is 0 Å². The number of hydrogen-bond acceptors (Lipinski definition) is 3. The number of rotatable bonds is 3. The molecule has 0 unspecified atom stereocenters. The third-order valence-electron chi connectivity index (χ3n) is 2.83. The Balaban J connectivity index is 2.31. The lowest BCUT2D eigenvalue weighted by molar-refractivity contribution is 0.0993. The van der Waals surface area contributed by atoms with E-state index < -0.39 is 0 Å². The Labute approximate surface area is 121 Å². The fraction of sp³-hybridized carbons (Fsp3) is 0.143. The molecule has 1 aromatic carbocycles. The van der Waals surface area contributed by atoms with Crippen LogP contribution in [0, 0.1) is 6.92 Å². The van der Waals surface area contributed by atoms with Crippen LogP contribution in [0.4, 0.5) is 5.82 Å². The van der Waals surface area contributed by atoms with E-state index in [0.29, 0.717) is 15.6 Å². The number of ketones is 1. The molecular formula is C14H12Cl2N2O. The highest BCUT2D eigenvalue weighted by Crippen LogP contribution is 2.24. The number of carbonyl (C=O) groups excluding carboxylic acids is 1. The van der Waals surface area contributed by atoms with Gasteiger partial charge in [-0.2, -0.15) is 0 Å². The average molecular weight is 295 g/mol. The van der Waals surface area contributed by atoms with Crippen LogP contribution in [0.1, 0.15) is 21.5 Å². The maximum absolute atomic E-state index is 12.3. The highest BCUT2D eigenvalue weighted by molar-refractivity contribution is 6.35. The first-order chi connectivity index (χ1) is 8.99. The van der Waals surface area contributed by atoms with Crippen LogP contribution in [-0.4, -0.2) is 10.8 Å². The molecule has 2 N–H and O–H groups in total. The molecule has 98 valence electrons. The lowest BCUT2D eigenvalue weighted by Gasteiger charge is -2.08. The Morgan fingerprint density at radius 3 is 2.68 bits per heavy atom. The van der Waals surface area contributed by atoms with Gasteiger partial charge in [0, 0.05) is 22.7 Å². The molecule has 0 spiro atoms. The molecule has 0 aliphatic carbocycles. The Morgan fingerprint density at radius 2 is 2.05 bits per heavy atom. The Kier molecular flexibility index (Phi) is 4.08. The quantitative estimate of drug-likeness (QED) is 0.878. The van der Waals surface area contributed by atoms with E-state index in [1.54, 1.807) is 30.5 Å². The van der Waals surface area contributed by atoms with E-state index in [1.807, 2.05) is 6.92 Å². The zero-order chi connectivity index (χ0) is 14.0. The molecule has 0 aliphatic rings. The van der Waals surface area contributed by atoms with Crippen molar-refractivity contribution in [2.45, 2.75) is 13.3 Å². The molecule has 1 heterocycles. The maximum Gasteiger partial charge on any atom is 0.171 e. The van der Waals surface area contributed by atoms with E-state index in [2.05, 4.69) is 4.98 Å². The predicted octanol–water partition coefficient (Wildman–Crippen LogP) is 3.70. The summed E-state index contributed by atoms with van der Waals surface area (Å²) in [6, 6.07) is 6.82. The van der Waals surface area contributed by atoms with Crippen LogP contribution in [0.15, 0.2) is 30.5 Å². The molecule has 3 nitrogen and oxygen atoms in total. The molecule has 19 heavy (non-hydrogen) atoms. The second-order valence-corrected chi connectivity index (χ2v) is 5.07. The van der Waals surface area contributed by atoms with Gasteiger partial charge in [-0.3, -0.25) is 4.79 Å². The number of pyridine rings is 1. The van der Waals surface area contributed by atoms with E-state index in [4.69, 9.17) is 28.9 Å². The van der Waals surface area contributed by atoms with Gasteiger partial charge in [0.15, 0.2) is 5.78 Å². The number of hydrogen-bond donors (Lipinski definition) is 1. The fourth-order valence-electron chi connectivity index (χ4n) is 1.87. The van der Waals surface area contributed by atoms with Crippen LogP contribution < -0.4 is 5.73 Å². The van der Waals surface area contributed by atoms with Gasteiger partial charge < -0.3 is 5.73 Å². The number of aromatic nitrogens is 1. The zero-order valence-electron chi connectivity index (χ0n) is 10.3. The van der Waals surface area contributed by atoms with Crippen molar-refractivity contribution >= 4 is 34.8 Å². The third kappa shape index (κ3) is 3.06. The van der Waals surface area contributed by atoms with Crippen LogP contribution in [0.25, 0.3) is 0 Å². The Hall–Kier alpha value is -1.58. The number of nitrogen functional groups attached to an aromatic ring is 1. The van der Waals surface area contributed by atoms with Crippen molar-refractivity contribution in [2.75, 3.05) is 5.73 Å². The molecule has 0 aliphatic heterocycles. The largest absolute Gasteiger partial charge is 0.383 e. The first kappa shape index (κ1) is 13.8. The first-order valence-corrected chi connectivity index (χ1v) is 6.43. The van der Waals surface area contributed by atoms with E-state index in [1.165, 1.54) is 0 Å². The lowest BCUT2D eigenvalue weighted by Crippen LogP contribution is -2.10. The number of nitrogens with zero attached hydrogens (tertiary/aromatic N) is 1. The molecule has 0 amide bonds. The van der Waals surface area contributed by atoms with E-state index >= 15 is 0 Å². The summed E-state index contributed by atoms with van der Waals surface area (Å²) < 4.78 is 0. The second kappa shape index (κ2) is 5.59. The predicted molar refractivity (Wildman–Crippen MR) is 77.9 cm³/mol. The van der Waals surface area contributed by atoms with Gasteiger partial charge in [-0.25, -0.2) is 4.98 Å². The normalized spacial score (nSPS) is 10.5. The summed E-state index contributed by atoms with van der Waals surface area (Å²) in [5.74, 6) is 0.141. The van der Waals surface area contributed by atoms with Crippen molar-refractivity contribution in [2.24, 2.45) is 0 Å². The van der Waals surface area contributed by atoms with Crippen LogP contribution in [-0.2, 0) is 6.42 Å². The van der Waals surface area contributed by atoms with Gasteiger partial charge in [0.1, 0.15) is 5.82 Å². The number of nitrogens with two attached hydrogens (primary N) is 1. The topological polar surface area (TPSA) is 56.0 Å². The molecule has 5 heteroatoms. The van der Waals surface area contributed by atoms with Crippen molar-refractivity contribution < 1.29 is 4.79 Å². The van der Waals surface area contributed by atoms with E-state index in [9.17, 15) is 4.79 Å². The Morgan fingerprint density at radius 1 is 1.32 bits per heavy atom. The van der Waals surface area contributed by atoms with Gasteiger partial charge >= 0.3 is 0 Å². The number of carbonyl (C=O) groups is 1. The first-order valence-electron chi connectivity index (χ1n) is 5.67. The molecule has 0 saturated carbocycles. The minimum atomic E-state index is -0.104. The van der Waals surface area contributed by atoms with Crippen molar-refractivity contribution in [1.82, 2.24) is 4.98 Å². The maximum atomic E-state index is 12.3. The highest BCUT2D eigenvalue weighted by atomic mass is 35.5. The van der Waals surface area contributed by atoms with Crippen LogP contribution in [0.5, 0.6) is 0 Å². The number of anilines is 1. The monoisotopic (exact) mass is 294 g/mol. The Bertz CT molecular complexity index is 621. The zero-order valence-corrected chi connectivity index (χ0v) is 11.8. The third-order valence-corrected chi connectivity index (χ3v) is 3.42. The molecule has 0 saturated heterocycles. The summed E-state index contributed by atoms with van der Waals surface area (Å²) in [5, 5.41) is 1.01. The summed E-state index contributed by atoms with van der Waals surface area (Å²) in [6.45, 7) is 1.83. The van der Waals surface area contributed by atoms with Gasteiger partial charge in [-0.15, -0.1) is 0 Å². The SMILES string of the molecule is Cc1ccnc(N)c1C(=O)Cc1ccc(Cl)cc1Cl. The lowest BCUT2D eigenvalue weighted by atomic mass is 10.00. The van der Waals surface area contributed by atoms with Gasteiger partial charge in [-0.05, 0) is 36.2 Å². The minimum Gasteiger partial charge on any atom is -0.383 e. The van der Waals surface area contributed by atoms with Gasteiger partial charge in [0.05, 0.1) is 5.56 Å². The number of aryl methyl sites for hydroxylation is 1. The average Bonchev–Trinajstić information content (AvgIpc) is 2.32. The summed E-state index contributed by atoms with van der Waals surface area (Å²) in [5.41, 5.74) is 7.73.